The molecule has 0 saturated heterocycles. The zero-order chi connectivity index (χ0) is 15.1. The summed E-state index contributed by atoms with van der Waals surface area (Å²) in [4.78, 5) is 20.3. The van der Waals surface area contributed by atoms with Crippen LogP contribution in [0.25, 0.3) is 20.3 Å². The van der Waals surface area contributed by atoms with Crippen LogP contribution in [0, 0.1) is 11.8 Å². The molecule has 3 aromatic rings. The smallest absolute Gasteiger partial charge is 0.229 e. The molecule has 3 nitrogen and oxygen atoms in total. The first kappa shape index (κ1) is 14.1. The van der Waals surface area contributed by atoms with Crippen molar-refractivity contribution >= 4 is 45.0 Å². The largest absolute Gasteiger partial charge is 0.302 e. The number of nitrogens with zero attached hydrogens (tertiary/aromatic N) is 1. The molecule has 3 heterocycles. The van der Waals surface area contributed by atoms with E-state index in [-0.39, 0.29) is 11.8 Å². The molecule has 112 valence electrons. The van der Waals surface area contributed by atoms with Crippen LogP contribution in [0.15, 0.2) is 35.0 Å². The van der Waals surface area contributed by atoms with E-state index in [2.05, 4.69) is 40.1 Å². The van der Waals surface area contributed by atoms with Crippen molar-refractivity contribution in [3.05, 3.63) is 35.0 Å². The lowest BCUT2D eigenvalue weighted by atomic mass is 10.3. The first-order valence-corrected chi connectivity index (χ1v) is 9.69. The number of rotatable bonds is 4. The fourth-order valence-electron chi connectivity index (χ4n) is 2.41. The molecule has 1 amide bonds. The van der Waals surface area contributed by atoms with Crippen molar-refractivity contribution < 1.29 is 4.79 Å². The molecule has 0 spiro atoms. The Hall–Kier alpha value is -1.50. The zero-order valence-corrected chi connectivity index (χ0v) is 14.4. The lowest BCUT2D eigenvalue weighted by molar-refractivity contribution is -0.117. The van der Waals surface area contributed by atoms with Crippen LogP contribution in [0.2, 0.25) is 0 Å². The Labute approximate surface area is 140 Å². The van der Waals surface area contributed by atoms with Gasteiger partial charge in [0.2, 0.25) is 5.91 Å². The number of carbonyl (C=O) groups excluding carboxylic acids is 1. The second-order valence-electron chi connectivity index (χ2n) is 5.46. The molecule has 0 bridgehead atoms. The standard InChI is InChI=1S/C16H14N2OS3/c1-9-8-10(9)15(19)18-16-17-13(11-4-2-6-20-11)14(22-16)12-5-3-7-21-12/h2-7,9-10H,8H2,1H3,(H,17,18,19)/t9-,10-/m0/s1. The van der Waals surface area contributed by atoms with Crippen molar-refractivity contribution in [3.63, 3.8) is 0 Å². The molecule has 0 radical (unpaired) electrons. The van der Waals surface area contributed by atoms with Gasteiger partial charge in [0, 0.05) is 10.8 Å². The van der Waals surface area contributed by atoms with E-state index >= 15 is 0 Å². The first-order valence-electron chi connectivity index (χ1n) is 7.12. The van der Waals surface area contributed by atoms with Crippen LogP contribution < -0.4 is 5.32 Å². The van der Waals surface area contributed by atoms with E-state index in [1.54, 1.807) is 34.0 Å². The number of carbonyl (C=O) groups is 1. The molecular weight excluding hydrogens is 332 g/mol. The van der Waals surface area contributed by atoms with E-state index in [0.29, 0.717) is 11.0 Å². The summed E-state index contributed by atoms with van der Waals surface area (Å²) >= 11 is 4.94. The van der Waals surface area contributed by atoms with E-state index < -0.39 is 0 Å². The molecule has 1 fully saturated rings. The molecule has 2 atom stereocenters. The van der Waals surface area contributed by atoms with E-state index in [9.17, 15) is 4.79 Å². The minimum Gasteiger partial charge on any atom is -0.302 e. The number of aromatic nitrogens is 1. The van der Waals surface area contributed by atoms with E-state index in [1.807, 2.05) is 12.1 Å². The molecule has 0 aliphatic heterocycles. The van der Waals surface area contributed by atoms with Crippen LogP contribution >= 0.6 is 34.0 Å². The molecule has 1 N–H and O–H groups in total. The third-order valence-electron chi connectivity index (χ3n) is 3.80. The number of anilines is 1. The van der Waals surface area contributed by atoms with Gasteiger partial charge in [-0.2, -0.15) is 0 Å². The predicted octanol–water partition coefficient (Wildman–Crippen LogP) is 5.19. The fourth-order valence-corrected chi connectivity index (χ4v) is 5.04. The van der Waals surface area contributed by atoms with Gasteiger partial charge in [0.05, 0.1) is 9.75 Å². The third kappa shape index (κ3) is 2.62. The number of amides is 1. The highest BCUT2D eigenvalue weighted by Crippen LogP contribution is 2.43. The average molecular weight is 347 g/mol. The number of hydrogen-bond acceptors (Lipinski definition) is 5. The number of nitrogens with one attached hydrogen (secondary N) is 1. The normalized spacial score (nSPS) is 20.0. The second kappa shape index (κ2) is 5.61. The molecule has 1 saturated carbocycles. The van der Waals surface area contributed by atoms with Gasteiger partial charge in [-0.25, -0.2) is 4.98 Å². The van der Waals surface area contributed by atoms with Gasteiger partial charge in [-0.3, -0.25) is 4.79 Å². The fraction of sp³-hybridized carbons (Fsp3) is 0.250. The van der Waals surface area contributed by atoms with Gasteiger partial charge in [0.1, 0.15) is 5.69 Å². The Morgan fingerprint density at radius 2 is 1.91 bits per heavy atom. The van der Waals surface area contributed by atoms with Gasteiger partial charge < -0.3 is 5.32 Å². The SMILES string of the molecule is C[C@H]1C[C@@H]1C(=O)Nc1nc(-c2cccs2)c(-c2cccs2)s1. The highest BCUT2D eigenvalue weighted by atomic mass is 32.1. The Bertz CT molecular complexity index is 738. The van der Waals surface area contributed by atoms with Gasteiger partial charge in [-0.05, 0) is 35.2 Å². The van der Waals surface area contributed by atoms with Crippen LogP contribution in [0.3, 0.4) is 0 Å². The Morgan fingerprint density at radius 1 is 1.23 bits per heavy atom. The average Bonchev–Trinajstić information content (AvgIpc) is 3.03. The topological polar surface area (TPSA) is 42.0 Å². The molecule has 0 aromatic carbocycles. The molecule has 22 heavy (non-hydrogen) atoms. The lowest BCUT2D eigenvalue weighted by Crippen LogP contribution is -2.14. The summed E-state index contributed by atoms with van der Waals surface area (Å²) in [6, 6.07) is 8.25. The van der Waals surface area contributed by atoms with Gasteiger partial charge >= 0.3 is 0 Å². The minimum atomic E-state index is 0.108. The number of thiazole rings is 1. The maximum absolute atomic E-state index is 12.1. The summed E-state index contributed by atoms with van der Waals surface area (Å²) in [5, 5.41) is 7.82. The van der Waals surface area contributed by atoms with Crippen molar-refractivity contribution in [2.75, 3.05) is 5.32 Å². The molecule has 1 aliphatic carbocycles. The maximum Gasteiger partial charge on any atom is 0.229 e. The first-order chi connectivity index (χ1) is 10.7. The Morgan fingerprint density at radius 3 is 2.50 bits per heavy atom. The van der Waals surface area contributed by atoms with Crippen LogP contribution in [-0.2, 0) is 4.79 Å². The molecule has 4 rings (SSSR count). The second-order valence-corrected chi connectivity index (χ2v) is 8.35. The van der Waals surface area contributed by atoms with Crippen LogP contribution in [0.4, 0.5) is 5.13 Å². The van der Waals surface area contributed by atoms with Crippen LogP contribution in [-0.4, -0.2) is 10.9 Å². The molecular formula is C16H14N2OS3. The Balaban J connectivity index is 1.69. The minimum absolute atomic E-state index is 0.108. The molecule has 0 unspecified atom stereocenters. The van der Waals surface area contributed by atoms with Gasteiger partial charge in [0.15, 0.2) is 5.13 Å². The predicted molar refractivity (Wildman–Crippen MR) is 94.6 cm³/mol. The van der Waals surface area contributed by atoms with Crippen molar-refractivity contribution in [2.45, 2.75) is 13.3 Å². The van der Waals surface area contributed by atoms with Gasteiger partial charge in [0.25, 0.3) is 0 Å². The van der Waals surface area contributed by atoms with Crippen LogP contribution in [0.1, 0.15) is 13.3 Å². The monoisotopic (exact) mass is 346 g/mol. The zero-order valence-electron chi connectivity index (χ0n) is 11.9. The molecule has 6 heteroatoms. The third-order valence-corrected chi connectivity index (χ3v) is 6.70. The number of hydrogen-bond donors (Lipinski definition) is 1. The molecule has 1 aliphatic rings. The summed E-state index contributed by atoms with van der Waals surface area (Å²) < 4.78 is 0. The van der Waals surface area contributed by atoms with E-state index in [1.165, 1.54) is 4.88 Å². The summed E-state index contributed by atoms with van der Waals surface area (Å²) in [6.07, 6.45) is 0.993. The van der Waals surface area contributed by atoms with Crippen molar-refractivity contribution in [2.24, 2.45) is 11.8 Å². The van der Waals surface area contributed by atoms with Crippen molar-refractivity contribution in [3.8, 4) is 20.3 Å². The summed E-state index contributed by atoms with van der Waals surface area (Å²) in [5.41, 5.74) is 0.974. The van der Waals surface area contributed by atoms with Crippen molar-refractivity contribution in [1.82, 2.24) is 4.98 Å². The molecule has 3 aromatic heterocycles. The Kier molecular flexibility index (Phi) is 3.60. The summed E-state index contributed by atoms with van der Waals surface area (Å²) in [6.45, 7) is 2.11. The van der Waals surface area contributed by atoms with Crippen molar-refractivity contribution in [1.29, 1.82) is 0 Å². The quantitative estimate of drug-likeness (QED) is 0.706. The maximum atomic E-state index is 12.1. The van der Waals surface area contributed by atoms with Crippen LogP contribution in [0.5, 0.6) is 0 Å². The van der Waals surface area contributed by atoms with Gasteiger partial charge in [-0.15, -0.1) is 22.7 Å². The number of thiophene rings is 2. The van der Waals surface area contributed by atoms with Gasteiger partial charge in [-0.1, -0.05) is 30.4 Å². The summed E-state index contributed by atoms with van der Waals surface area (Å²) in [7, 11) is 0. The lowest BCUT2D eigenvalue weighted by Gasteiger charge is -1.98. The highest BCUT2D eigenvalue weighted by molar-refractivity contribution is 7.24. The van der Waals surface area contributed by atoms with E-state index in [0.717, 1.165) is 21.9 Å². The highest BCUT2D eigenvalue weighted by Gasteiger charge is 2.39. The van der Waals surface area contributed by atoms with E-state index in [4.69, 9.17) is 0 Å². The summed E-state index contributed by atoms with van der Waals surface area (Å²) in [5.74, 6) is 0.782.